The van der Waals surface area contributed by atoms with Crippen LogP contribution in [0.2, 0.25) is 4.34 Å². The Labute approximate surface area is 110 Å². The standard InChI is InChI=1S/C13H15ClN2S/c1-9-6-10(2-4-12(9)15)7-16-8-11-3-5-13(14)17-11/h2-6,16H,7-8,15H2,1H3. The van der Waals surface area contributed by atoms with E-state index in [1.54, 1.807) is 11.3 Å². The summed E-state index contributed by atoms with van der Waals surface area (Å²) in [5.74, 6) is 0. The van der Waals surface area contributed by atoms with Crippen molar-refractivity contribution in [3.8, 4) is 0 Å². The first kappa shape index (κ1) is 12.4. The number of hydrogen-bond donors (Lipinski definition) is 2. The fourth-order valence-corrected chi connectivity index (χ4v) is 2.68. The summed E-state index contributed by atoms with van der Waals surface area (Å²) >= 11 is 7.48. The van der Waals surface area contributed by atoms with Crippen molar-refractivity contribution in [3.05, 3.63) is 50.7 Å². The van der Waals surface area contributed by atoms with Crippen LogP contribution in [-0.4, -0.2) is 0 Å². The largest absolute Gasteiger partial charge is 0.399 e. The number of aryl methyl sites for hydroxylation is 1. The number of anilines is 1. The molecule has 0 radical (unpaired) electrons. The smallest absolute Gasteiger partial charge is 0.0931 e. The number of benzene rings is 1. The van der Waals surface area contributed by atoms with E-state index in [1.807, 2.05) is 25.1 Å². The maximum Gasteiger partial charge on any atom is 0.0931 e. The van der Waals surface area contributed by atoms with Crippen LogP contribution < -0.4 is 11.1 Å². The van der Waals surface area contributed by atoms with Gasteiger partial charge in [-0.2, -0.15) is 0 Å². The van der Waals surface area contributed by atoms with Crippen molar-refractivity contribution in [2.75, 3.05) is 5.73 Å². The van der Waals surface area contributed by atoms with E-state index in [4.69, 9.17) is 17.3 Å². The molecule has 0 aliphatic carbocycles. The Morgan fingerprint density at radius 1 is 1.24 bits per heavy atom. The maximum absolute atomic E-state index is 5.87. The van der Waals surface area contributed by atoms with E-state index in [2.05, 4.69) is 17.4 Å². The Bertz CT molecular complexity index is 508. The van der Waals surface area contributed by atoms with Gasteiger partial charge in [0.25, 0.3) is 0 Å². The highest BCUT2D eigenvalue weighted by atomic mass is 35.5. The Hall–Kier alpha value is -1.03. The van der Waals surface area contributed by atoms with Gasteiger partial charge < -0.3 is 11.1 Å². The quantitative estimate of drug-likeness (QED) is 0.830. The van der Waals surface area contributed by atoms with Crippen LogP contribution in [0.15, 0.2) is 30.3 Å². The third kappa shape index (κ3) is 3.46. The maximum atomic E-state index is 5.87. The fourth-order valence-electron chi connectivity index (χ4n) is 1.62. The summed E-state index contributed by atoms with van der Waals surface area (Å²) in [6, 6.07) is 10.1. The first-order valence-corrected chi connectivity index (χ1v) is 6.64. The minimum absolute atomic E-state index is 0.838. The van der Waals surface area contributed by atoms with Crippen LogP contribution in [0.4, 0.5) is 5.69 Å². The van der Waals surface area contributed by atoms with Gasteiger partial charge in [0.05, 0.1) is 4.34 Å². The van der Waals surface area contributed by atoms with Crippen LogP contribution in [0.25, 0.3) is 0 Å². The molecule has 0 fully saturated rings. The summed E-state index contributed by atoms with van der Waals surface area (Å²) < 4.78 is 0.838. The van der Waals surface area contributed by atoms with Gasteiger partial charge in [0.1, 0.15) is 0 Å². The highest BCUT2D eigenvalue weighted by molar-refractivity contribution is 7.16. The molecule has 0 atom stereocenters. The highest BCUT2D eigenvalue weighted by Crippen LogP contribution is 2.21. The molecule has 0 aliphatic heterocycles. The Kier molecular flexibility index (Phi) is 4.05. The monoisotopic (exact) mass is 266 g/mol. The van der Waals surface area contributed by atoms with Crippen LogP contribution >= 0.6 is 22.9 Å². The van der Waals surface area contributed by atoms with Crippen molar-refractivity contribution in [3.63, 3.8) is 0 Å². The van der Waals surface area contributed by atoms with E-state index in [0.29, 0.717) is 0 Å². The van der Waals surface area contributed by atoms with Crippen molar-refractivity contribution in [2.24, 2.45) is 0 Å². The molecule has 1 heterocycles. The predicted molar refractivity (Wildman–Crippen MR) is 75.5 cm³/mol. The van der Waals surface area contributed by atoms with Crippen LogP contribution in [0, 0.1) is 6.92 Å². The minimum atomic E-state index is 0.838. The van der Waals surface area contributed by atoms with E-state index < -0.39 is 0 Å². The molecule has 2 nitrogen and oxygen atoms in total. The predicted octanol–water partition coefficient (Wildman–Crippen LogP) is 3.58. The number of nitrogens with two attached hydrogens (primary N) is 1. The molecular weight excluding hydrogens is 252 g/mol. The van der Waals surface area contributed by atoms with Gasteiger partial charge in [-0.25, -0.2) is 0 Å². The molecule has 1 aromatic heterocycles. The van der Waals surface area contributed by atoms with Gasteiger partial charge in [-0.3, -0.25) is 0 Å². The molecule has 0 amide bonds. The molecule has 0 unspecified atom stereocenters. The lowest BCUT2D eigenvalue weighted by molar-refractivity contribution is 0.700. The topological polar surface area (TPSA) is 38.0 Å². The molecule has 90 valence electrons. The summed E-state index contributed by atoms with van der Waals surface area (Å²) in [6.45, 7) is 3.72. The molecule has 4 heteroatoms. The molecule has 17 heavy (non-hydrogen) atoms. The SMILES string of the molecule is Cc1cc(CNCc2ccc(Cl)s2)ccc1N. The molecule has 2 aromatic rings. The Morgan fingerprint density at radius 2 is 2.06 bits per heavy atom. The average Bonchev–Trinajstić information content (AvgIpc) is 2.70. The summed E-state index contributed by atoms with van der Waals surface area (Å²) in [6.07, 6.45) is 0. The van der Waals surface area contributed by atoms with Crippen molar-refractivity contribution >= 4 is 28.6 Å². The summed E-state index contributed by atoms with van der Waals surface area (Å²) in [4.78, 5) is 1.25. The van der Waals surface area contributed by atoms with Crippen molar-refractivity contribution in [1.82, 2.24) is 5.32 Å². The lowest BCUT2D eigenvalue weighted by atomic mass is 10.1. The second-order valence-electron chi connectivity index (χ2n) is 4.00. The van der Waals surface area contributed by atoms with E-state index in [-0.39, 0.29) is 0 Å². The normalized spacial score (nSPS) is 10.7. The van der Waals surface area contributed by atoms with E-state index in [1.165, 1.54) is 10.4 Å². The number of nitrogens with one attached hydrogen (secondary N) is 1. The van der Waals surface area contributed by atoms with Gasteiger partial charge in [-0.05, 0) is 36.2 Å². The van der Waals surface area contributed by atoms with E-state index in [0.717, 1.165) is 28.7 Å². The van der Waals surface area contributed by atoms with Crippen LogP contribution in [0.1, 0.15) is 16.0 Å². The minimum Gasteiger partial charge on any atom is -0.399 e. The second-order valence-corrected chi connectivity index (χ2v) is 5.80. The zero-order valence-corrected chi connectivity index (χ0v) is 11.2. The van der Waals surface area contributed by atoms with Crippen molar-refractivity contribution < 1.29 is 0 Å². The van der Waals surface area contributed by atoms with Gasteiger partial charge in [0.2, 0.25) is 0 Å². The first-order chi connectivity index (χ1) is 8.15. The van der Waals surface area contributed by atoms with Gasteiger partial charge in [0.15, 0.2) is 0 Å². The summed E-state index contributed by atoms with van der Waals surface area (Å²) in [5.41, 5.74) is 9.00. The van der Waals surface area contributed by atoms with Gasteiger partial charge in [-0.15, -0.1) is 11.3 Å². The number of rotatable bonds is 4. The molecular formula is C13H15ClN2S. The van der Waals surface area contributed by atoms with Gasteiger partial charge in [-0.1, -0.05) is 23.7 Å². The lowest BCUT2D eigenvalue weighted by Crippen LogP contribution is -2.11. The van der Waals surface area contributed by atoms with Crippen molar-refractivity contribution in [1.29, 1.82) is 0 Å². The number of halogens is 1. The van der Waals surface area contributed by atoms with E-state index in [9.17, 15) is 0 Å². The number of hydrogen-bond acceptors (Lipinski definition) is 3. The zero-order valence-electron chi connectivity index (χ0n) is 9.66. The van der Waals surface area contributed by atoms with Gasteiger partial charge in [0, 0.05) is 23.7 Å². The molecule has 2 rings (SSSR count). The number of nitrogen functional groups attached to an aromatic ring is 1. The molecule has 0 saturated heterocycles. The lowest BCUT2D eigenvalue weighted by Gasteiger charge is -2.06. The number of thiophene rings is 1. The fraction of sp³-hybridized carbons (Fsp3) is 0.231. The van der Waals surface area contributed by atoms with Crippen LogP contribution in [0.5, 0.6) is 0 Å². The zero-order chi connectivity index (χ0) is 12.3. The molecule has 1 aromatic carbocycles. The van der Waals surface area contributed by atoms with Crippen LogP contribution in [-0.2, 0) is 13.1 Å². The molecule has 3 N–H and O–H groups in total. The van der Waals surface area contributed by atoms with E-state index >= 15 is 0 Å². The Morgan fingerprint density at radius 3 is 2.71 bits per heavy atom. The summed E-state index contributed by atoms with van der Waals surface area (Å²) in [5, 5.41) is 3.39. The molecule has 0 saturated carbocycles. The van der Waals surface area contributed by atoms with Gasteiger partial charge >= 0.3 is 0 Å². The molecule has 0 spiro atoms. The highest BCUT2D eigenvalue weighted by Gasteiger charge is 1.99. The molecule has 0 aliphatic rings. The molecule has 0 bridgehead atoms. The first-order valence-electron chi connectivity index (χ1n) is 5.45. The third-order valence-corrected chi connectivity index (χ3v) is 3.82. The second kappa shape index (κ2) is 5.54. The third-order valence-electron chi connectivity index (χ3n) is 2.59. The van der Waals surface area contributed by atoms with Crippen LogP contribution in [0.3, 0.4) is 0 Å². The van der Waals surface area contributed by atoms with Crippen molar-refractivity contribution in [2.45, 2.75) is 20.0 Å². The Balaban J connectivity index is 1.87. The summed E-state index contributed by atoms with van der Waals surface area (Å²) in [7, 11) is 0. The average molecular weight is 267 g/mol.